The third kappa shape index (κ3) is 3.95. The maximum atomic E-state index is 12.9. The van der Waals surface area contributed by atoms with Crippen molar-refractivity contribution >= 4 is 34.3 Å². The number of fused-ring (bicyclic) bond motifs is 1. The van der Waals surface area contributed by atoms with Crippen molar-refractivity contribution in [2.45, 2.75) is 9.79 Å². The van der Waals surface area contributed by atoms with Crippen LogP contribution in [-0.4, -0.2) is 15.9 Å². The number of nitrogens with zero attached hydrogens (tertiary/aromatic N) is 2. The molecule has 0 fully saturated rings. The van der Waals surface area contributed by atoms with Gasteiger partial charge in [-0.05, 0) is 30.3 Å². The second kappa shape index (κ2) is 8.12. The van der Waals surface area contributed by atoms with E-state index in [0.717, 1.165) is 17.1 Å². The fraction of sp³-hybridized carbons (Fsp3) is 0. The number of pyridine rings is 1. The zero-order valence-electron chi connectivity index (χ0n) is 15.0. The van der Waals surface area contributed by atoms with Crippen molar-refractivity contribution < 1.29 is 14.5 Å². The van der Waals surface area contributed by atoms with E-state index in [9.17, 15) is 14.9 Å². The van der Waals surface area contributed by atoms with E-state index in [-0.39, 0.29) is 5.69 Å². The summed E-state index contributed by atoms with van der Waals surface area (Å²) in [5, 5.41) is 12.2. The maximum absolute atomic E-state index is 12.9. The lowest BCUT2D eigenvalue weighted by molar-refractivity contribution is -0.387. The van der Waals surface area contributed by atoms with Crippen molar-refractivity contribution in [3.63, 3.8) is 0 Å². The number of benzene rings is 3. The second-order valence-corrected chi connectivity index (χ2v) is 7.13. The average Bonchev–Trinajstić information content (AvgIpc) is 2.74. The Morgan fingerprint density at radius 1 is 0.897 bits per heavy atom. The molecule has 0 aliphatic carbocycles. The molecule has 1 heterocycles. The van der Waals surface area contributed by atoms with E-state index in [1.54, 1.807) is 60.8 Å². The second-order valence-electron chi connectivity index (χ2n) is 6.04. The number of aromatic nitrogens is 1. The third-order valence-electron chi connectivity index (χ3n) is 4.19. The van der Waals surface area contributed by atoms with Gasteiger partial charge >= 0.3 is 5.97 Å². The SMILES string of the molecule is O=C(Oc1cccc2cccnc12)c1ccccc1Sc1ccccc1[N+](=O)[O-]. The summed E-state index contributed by atoms with van der Waals surface area (Å²) in [5.74, 6) is -0.191. The topological polar surface area (TPSA) is 82.3 Å². The zero-order chi connectivity index (χ0) is 20.2. The number of rotatable bonds is 5. The molecule has 0 saturated carbocycles. The van der Waals surface area contributed by atoms with E-state index in [1.807, 2.05) is 18.2 Å². The summed E-state index contributed by atoms with van der Waals surface area (Å²) in [6.07, 6.45) is 1.64. The van der Waals surface area contributed by atoms with Crippen LogP contribution >= 0.6 is 11.8 Å². The number of carbonyl (C=O) groups is 1. The Bertz CT molecular complexity index is 1220. The molecule has 142 valence electrons. The van der Waals surface area contributed by atoms with Crippen molar-refractivity contribution in [3.05, 3.63) is 101 Å². The quantitative estimate of drug-likeness (QED) is 0.189. The molecule has 0 amide bonds. The molecule has 3 aromatic carbocycles. The minimum Gasteiger partial charge on any atom is -0.421 e. The Morgan fingerprint density at radius 2 is 1.62 bits per heavy atom. The minimum atomic E-state index is -0.551. The summed E-state index contributed by atoms with van der Waals surface area (Å²) in [4.78, 5) is 29.1. The van der Waals surface area contributed by atoms with Gasteiger partial charge in [-0.2, -0.15) is 0 Å². The first kappa shape index (κ1) is 18.6. The standard InChI is InChI=1S/C22H14N2O4S/c25-22(28-18-11-5-7-15-8-6-14-23-21(15)18)16-9-1-3-12-19(16)29-20-13-4-2-10-17(20)24(26)27/h1-14H. The van der Waals surface area contributed by atoms with E-state index in [0.29, 0.717) is 26.6 Å². The van der Waals surface area contributed by atoms with Crippen molar-refractivity contribution in [1.82, 2.24) is 4.98 Å². The Kier molecular flexibility index (Phi) is 5.22. The molecule has 7 heteroatoms. The third-order valence-corrected chi connectivity index (χ3v) is 5.33. The van der Waals surface area contributed by atoms with Crippen LogP contribution in [0.25, 0.3) is 10.9 Å². The van der Waals surface area contributed by atoms with Gasteiger partial charge in [0.15, 0.2) is 5.75 Å². The fourth-order valence-electron chi connectivity index (χ4n) is 2.85. The van der Waals surface area contributed by atoms with Gasteiger partial charge in [-0.3, -0.25) is 15.1 Å². The van der Waals surface area contributed by atoms with Crippen LogP contribution in [0.5, 0.6) is 5.75 Å². The minimum absolute atomic E-state index is 0.0149. The molecule has 0 aliphatic heterocycles. The smallest absolute Gasteiger partial charge is 0.344 e. The van der Waals surface area contributed by atoms with Crippen LogP contribution in [0.4, 0.5) is 5.69 Å². The Hall–Kier alpha value is -3.71. The Labute approximate surface area is 170 Å². The normalized spacial score (nSPS) is 10.6. The molecule has 29 heavy (non-hydrogen) atoms. The van der Waals surface area contributed by atoms with Crippen molar-refractivity contribution in [2.24, 2.45) is 0 Å². The Morgan fingerprint density at radius 3 is 2.45 bits per heavy atom. The van der Waals surface area contributed by atoms with Gasteiger partial charge in [-0.1, -0.05) is 54.2 Å². The molecule has 0 aliphatic rings. The highest BCUT2D eigenvalue weighted by Crippen LogP contribution is 2.36. The van der Waals surface area contributed by atoms with E-state index in [4.69, 9.17) is 4.74 Å². The van der Waals surface area contributed by atoms with Crippen molar-refractivity contribution in [2.75, 3.05) is 0 Å². The lowest BCUT2D eigenvalue weighted by Crippen LogP contribution is -2.10. The molecule has 1 aromatic heterocycles. The molecular weight excluding hydrogens is 388 g/mol. The summed E-state index contributed by atoms with van der Waals surface area (Å²) < 4.78 is 5.62. The van der Waals surface area contributed by atoms with Crippen LogP contribution in [0.3, 0.4) is 0 Å². The fourth-order valence-corrected chi connectivity index (χ4v) is 3.89. The summed E-state index contributed by atoms with van der Waals surface area (Å²) in [5.41, 5.74) is 0.898. The van der Waals surface area contributed by atoms with Crippen LogP contribution in [0.2, 0.25) is 0 Å². The molecule has 6 nitrogen and oxygen atoms in total. The van der Waals surface area contributed by atoms with Gasteiger partial charge in [-0.25, -0.2) is 4.79 Å². The highest BCUT2D eigenvalue weighted by atomic mass is 32.2. The zero-order valence-corrected chi connectivity index (χ0v) is 15.8. The first-order chi connectivity index (χ1) is 14.1. The average molecular weight is 402 g/mol. The molecule has 0 atom stereocenters. The monoisotopic (exact) mass is 402 g/mol. The summed E-state index contributed by atoms with van der Waals surface area (Å²) in [6.45, 7) is 0. The number of esters is 1. The molecule has 4 rings (SSSR count). The Balaban J connectivity index is 1.66. The molecule has 0 bridgehead atoms. The van der Waals surface area contributed by atoms with Crippen LogP contribution in [0.1, 0.15) is 10.4 Å². The largest absolute Gasteiger partial charge is 0.421 e. The van der Waals surface area contributed by atoms with Gasteiger partial charge in [0.1, 0.15) is 5.52 Å². The van der Waals surface area contributed by atoms with Crippen LogP contribution in [-0.2, 0) is 0 Å². The molecule has 0 spiro atoms. The van der Waals surface area contributed by atoms with E-state index >= 15 is 0 Å². The van der Waals surface area contributed by atoms with Crippen molar-refractivity contribution in [3.8, 4) is 5.75 Å². The van der Waals surface area contributed by atoms with Gasteiger partial charge in [-0.15, -0.1) is 0 Å². The lowest BCUT2D eigenvalue weighted by atomic mass is 10.2. The predicted molar refractivity (Wildman–Crippen MR) is 110 cm³/mol. The van der Waals surface area contributed by atoms with Crippen LogP contribution in [0.15, 0.2) is 94.9 Å². The summed E-state index contributed by atoms with van der Waals surface area (Å²) in [7, 11) is 0. The number of carbonyl (C=O) groups excluding carboxylic acids is 1. The van der Waals surface area contributed by atoms with E-state index in [1.165, 1.54) is 6.07 Å². The lowest BCUT2D eigenvalue weighted by Gasteiger charge is -2.10. The first-order valence-electron chi connectivity index (χ1n) is 8.70. The number of hydrogen-bond acceptors (Lipinski definition) is 6. The number of ether oxygens (including phenoxy) is 1. The summed E-state index contributed by atoms with van der Waals surface area (Å²) >= 11 is 1.15. The predicted octanol–water partition coefficient (Wildman–Crippen LogP) is 5.51. The van der Waals surface area contributed by atoms with Gasteiger partial charge in [0.25, 0.3) is 5.69 Å². The summed E-state index contributed by atoms with van der Waals surface area (Å²) in [6, 6.07) is 22.3. The van der Waals surface area contributed by atoms with Crippen molar-refractivity contribution in [1.29, 1.82) is 0 Å². The number of nitro groups is 1. The molecule has 4 aromatic rings. The van der Waals surface area contributed by atoms with Gasteiger partial charge in [0.05, 0.1) is 15.4 Å². The number of para-hydroxylation sites is 2. The number of nitro benzene ring substituents is 1. The first-order valence-corrected chi connectivity index (χ1v) is 9.51. The molecule has 0 saturated heterocycles. The van der Waals surface area contributed by atoms with Gasteiger partial charge in [0, 0.05) is 22.5 Å². The molecule has 0 unspecified atom stereocenters. The van der Waals surface area contributed by atoms with Gasteiger partial charge in [0.2, 0.25) is 0 Å². The molecule has 0 radical (unpaired) electrons. The van der Waals surface area contributed by atoms with Crippen LogP contribution < -0.4 is 4.74 Å². The highest BCUT2D eigenvalue weighted by molar-refractivity contribution is 7.99. The van der Waals surface area contributed by atoms with E-state index in [2.05, 4.69) is 4.98 Å². The van der Waals surface area contributed by atoms with E-state index < -0.39 is 10.9 Å². The van der Waals surface area contributed by atoms with Gasteiger partial charge < -0.3 is 4.74 Å². The van der Waals surface area contributed by atoms with Crippen LogP contribution in [0, 0.1) is 10.1 Å². The molecular formula is C22H14N2O4S. The molecule has 0 N–H and O–H groups in total. The maximum Gasteiger partial charge on any atom is 0.344 e. The number of hydrogen-bond donors (Lipinski definition) is 0. The highest BCUT2D eigenvalue weighted by Gasteiger charge is 2.19.